The zero-order chi connectivity index (χ0) is 30.7. The van der Waals surface area contributed by atoms with Crippen molar-refractivity contribution in [2.75, 3.05) is 37.5 Å². The van der Waals surface area contributed by atoms with Crippen molar-refractivity contribution in [2.24, 2.45) is 5.92 Å². The van der Waals surface area contributed by atoms with E-state index < -0.39 is 35.4 Å². The molecule has 4 aromatic rings. The Kier molecular flexibility index (Phi) is 8.07. The van der Waals surface area contributed by atoms with E-state index in [1.54, 1.807) is 18.2 Å². The van der Waals surface area contributed by atoms with Gasteiger partial charge in [0.25, 0.3) is 0 Å². The number of ether oxygens (including phenoxy) is 3. The molecule has 218 valence electrons. The Balaban J connectivity index is 1.36. The van der Waals surface area contributed by atoms with Crippen molar-refractivity contribution in [1.29, 1.82) is 0 Å². The van der Waals surface area contributed by atoms with E-state index >= 15 is 4.39 Å². The lowest BCUT2D eigenvalue weighted by Gasteiger charge is -2.37. The normalized spacial score (nSPS) is 14.8. The summed E-state index contributed by atoms with van der Waals surface area (Å²) in [7, 11) is 2.98. The number of nitrogens with one attached hydrogen (secondary N) is 1. The second kappa shape index (κ2) is 12.0. The zero-order valence-corrected chi connectivity index (χ0v) is 23.0. The fourth-order valence-corrected chi connectivity index (χ4v) is 4.58. The Bertz CT molecular complexity index is 1770. The van der Waals surface area contributed by atoms with Crippen LogP contribution in [0, 0.1) is 29.9 Å². The largest absolute Gasteiger partial charge is 0.493 e. The molecular formula is C31H24F2N4O6. The molecule has 0 saturated carbocycles. The number of amides is 4. The summed E-state index contributed by atoms with van der Waals surface area (Å²) in [6, 6.07) is 12.6. The summed E-state index contributed by atoms with van der Waals surface area (Å²) in [5.41, 5.74) is 0.647. The number of aromatic nitrogens is 1. The Morgan fingerprint density at radius 2 is 1.72 bits per heavy atom. The average molecular weight is 587 g/mol. The van der Waals surface area contributed by atoms with Crippen LogP contribution in [-0.2, 0) is 9.59 Å². The first-order valence-corrected chi connectivity index (χ1v) is 12.8. The summed E-state index contributed by atoms with van der Waals surface area (Å²) in [6.45, 7) is -0.463. The number of carbonyl (C=O) groups excluding carboxylic acids is 3. The lowest BCUT2D eigenvalue weighted by molar-refractivity contribution is -0.132. The van der Waals surface area contributed by atoms with Crippen LogP contribution in [0.5, 0.6) is 23.0 Å². The molecule has 4 amide bonds. The number of nitrogens with zero attached hydrogens (tertiary/aromatic N) is 3. The number of terminal acetylenes is 1. The molecular weight excluding hydrogens is 562 g/mol. The van der Waals surface area contributed by atoms with Gasteiger partial charge >= 0.3 is 6.03 Å². The van der Waals surface area contributed by atoms with Crippen LogP contribution in [0.3, 0.4) is 0 Å². The number of carbonyl (C=O) groups is 3. The van der Waals surface area contributed by atoms with Crippen LogP contribution in [-0.4, -0.2) is 55.0 Å². The number of urea groups is 1. The number of methoxy groups -OCH3 is 2. The zero-order valence-electron chi connectivity index (χ0n) is 23.0. The summed E-state index contributed by atoms with van der Waals surface area (Å²) in [5.74, 6) is -0.969. The average Bonchev–Trinajstić information content (AvgIpc) is 3.00. The van der Waals surface area contributed by atoms with E-state index in [0.717, 1.165) is 28.0 Å². The third-order valence-electron chi connectivity index (χ3n) is 6.69. The van der Waals surface area contributed by atoms with Crippen molar-refractivity contribution in [3.8, 4) is 35.3 Å². The highest BCUT2D eigenvalue weighted by atomic mass is 19.1. The maximum Gasteiger partial charge on any atom is 0.332 e. The van der Waals surface area contributed by atoms with E-state index in [1.807, 2.05) is 0 Å². The molecule has 1 atom stereocenters. The molecule has 1 aliphatic heterocycles. The van der Waals surface area contributed by atoms with E-state index in [1.165, 1.54) is 44.7 Å². The van der Waals surface area contributed by atoms with Gasteiger partial charge in [-0.2, -0.15) is 0 Å². The second-order valence-electron chi connectivity index (χ2n) is 9.34. The van der Waals surface area contributed by atoms with E-state index in [0.29, 0.717) is 28.2 Å². The number of benzene rings is 3. The number of fused-ring (bicyclic) bond motifs is 1. The van der Waals surface area contributed by atoms with Gasteiger partial charge in [-0.1, -0.05) is 5.92 Å². The summed E-state index contributed by atoms with van der Waals surface area (Å²) in [5, 5.41) is 3.06. The van der Waals surface area contributed by atoms with Crippen molar-refractivity contribution in [1.82, 2.24) is 9.88 Å². The van der Waals surface area contributed by atoms with Gasteiger partial charge in [-0.15, -0.1) is 6.42 Å². The molecule has 1 fully saturated rings. The fraction of sp³-hybridized carbons (Fsp3) is 0.161. The van der Waals surface area contributed by atoms with Gasteiger partial charge in [0, 0.05) is 35.9 Å². The molecule has 1 unspecified atom stereocenters. The molecule has 3 aromatic carbocycles. The van der Waals surface area contributed by atoms with Crippen LogP contribution in [0.2, 0.25) is 0 Å². The maximum atomic E-state index is 15.2. The minimum atomic E-state index is -1.37. The van der Waals surface area contributed by atoms with E-state index in [-0.39, 0.29) is 30.2 Å². The number of halogens is 2. The molecule has 0 bridgehead atoms. The SMILES string of the molecule is C#CCN1CC(C(=O)Nc2ccc(Oc3ccnc4cc(OC)c(OC)cc34)c(F)c2)C(=O)N(c2ccc(F)cc2)C1=O. The lowest BCUT2D eigenvalue weighted by atomic mass is 10.0. The Hall–Kier alpha value is -5.70. The van der Waals surface area contributed by atoms with Crippen LogP contribution in [0.4, 0.5) is 25.0 Å². The predicted octanol–water partition coefficient (Wildman–Crippen LogP) is 4.98. The van der Waals surface area contributed by atoms with Gasteiger partial charge in [0.2, 0.25) is 11.8 Å². The monoisotopic (exact) mass is 586 g/mol. The van der Waals surface area contributed by atoms with Crippen LogP contribution >= 0.6 is 0 Å². The van der Waals surface area contributed by atoms with Crippen molar-refractivity contribution >= 4 is 40.1 Å². The van der Waals surface area contributed by atoms with E-state index in [4.69, 9.17) is 20.6 Å². The minimum absolute atomic E-state index is 0.0439. The number of imide groups is 1. The Labute approximate surface area is 244 Å². The Morgan fingerprint density at radius 1 is 1.00 bits per heavy atom. The molecule has 0 aliphatic carbocycles. The fourth-order valence-electron chi connectivity index (χ4n) is 4.58. The minimum Gasteiger partial charge on any atom is -0.493 e. The molecule has 1 N–H and O–H groups in total. The van der Waals surface area contributed by atoms with Crippen LogP contribution in [0.15, 0.2) is 66.9 Å². The van der Waals surface area contributed by atoms with Crippen molar-refractivity contribution in [2.45, 2.75) is 0 Å². The molecule has 5 rings (SSSR count). The van der Waals surface area contributed by atoms with Crippen LogP contribution in [0.1, 0.15) is 0 Å². The quantitative estimate of drug-likeness (QED) is 0.229. The van der Waals surface area contributed by atoms with Crippen LogP contribution in [0.25, 0.3) is 10.9 Å². The molecule has 43 heavy (non-hydrogen) atoms. The summed E-state index contributed by atoms with van der Waals surface area (Å²) in [4.78, 5) is 45.7. The molecule has 12 heteroatoms. The van der Waals surface area contributed by atoms with Gasteiger partial charge in [-0.3, -0.25) is 14.6 Å². The van der Waals surface area contributed by atoms with E-state index in [2.05, 4.69) is 16.2 Å². The number of pyridine rings is 1. The number of hydrogen-bond acceptors (Lipinski definition) is 7. The maximum absolute atomic E-state index is 15.2. The lowest BCUT2D eigenvalue weighted by Crippen LogP contribution is -2.59. The molecule has 0 radical (unpaired) electrons. The third-order valence-corrected chi connectivity index (χ3v) is 6.69. The molecule has 1 saturated heterocycles. The highest BCUT2D eigenvalue weighted by Crippen LogP contribution is 2.37. The predicted molar refractivity (Wildman–Crippen MR) is 153 cm³/mol. The van der Waals surface area contributed by atoms with Gasteiger partial charge in [0.05, 0.1) is 32.0 Å². The summed E-state index contributed by atoms with van der Waals surface area (Å²) in [6.07, 6.45) is 6.88. The van der Waals surface area contributed by atoms with E-state index in [9.17, 15) is 18.8 Å². The molecule has 2 heterocycles. The van der Waals surface area contributed by atoms with Crippen LogP contribution < -0.4 is 24.4 Å². The molecule has 1 aromatic heterocycles. The van der Waals surface area contributed by atoms with Gasteiger partial charge in [-0.25, -0.2) is 18.5 Å². The van der Waals surface area contributed by atoms with Crippen molar-refractivity contribution in [3.63, 3.8) is 0 Å². The highest BCUT2D eigenvalue weighted by Gasteiger charge is 2.43. The molecule has 10 nitrogen and oxygen atoms in total. The second-order valence-corrected chi connectivity index (χ2v) is 9.34. The van der Waals surface area contributed by atoms with Gasteiger partial charge in [0.1, 0.15) is 17.5 Å². The van der Waals surface area contributed by atoms with Gasteiger partial charge in [-0.05, 0) is 48.5 Å². The summed E-state index contributed by atoms with van der Waals surface area (Å²) >= 11 is 0. The first-order chi connectivity index (χ1) is 20.7. The number of anilines is 2. The standard InChI is InChI=1S/C31H24F2N4O6/c1-4-13-36-17-22(30(39)37(31(36)40)20-8-5-18(32)6-9-20)29(38)35-19-7-10-26(23(33)14-19)43-25-11-12-34-24-16-28(42-3)27(41-2)15-21(24)25/h1,5-12,14-16,22H,13,17H2,2-3H3,(H,35,38). The third kappa shape index (κ3) is 5.73. The number of hydrogen-bond donors (Lipinski definition) is 1. The van der Waals surface area contributed by atoms with Crippen molar-refractivity contribution in [3.05, 3.63) is 78.5 Å². The molecule has 1 aliphatic rings. The highest BCUT2D eigenvalue weighted by molar-refractivity contribution is 6.23. The smallest absolute Gasteiger partial charge is 0.332 e. The molecule has 0 spiro atoms. The Morgan fingerprint density at radius 3 is 2.40 bits per heavy atom. The van der Waals surface area contributed by atoms with Gasteiger partial charge < -0.3 is 24.4 Å². The van der Waals surface area contributed by atoms with Gasteiger partial charge in [0.15, 0.2) is 23.1 Å². The topological polar surface area (TPSA) is 110 Å². The summed E-state index contributed by atoms with van der Waals surface area (Å²) < 4.78 is 45.1. The number of rotatable bonds is 8. The first-order valence-electron chi connectivity index (χ1n) is 12.8. The van der Waals surface area contributed by atoms with Crippen molar-refractivity contribution < 1.29 is 37.4 Å². The first kappa shape index (κ1) is 28.8.